The predicted molar refractivity (Wildman–Crippen MR) is 58.7 cm³/mol. The molecule has 0 bridgehead atoms. The molecule has 2 atom stereocenters. The maximum atomic E-state index is 10.6. The molecule has 0 unspecified atom stereocenters. The molecular weight excluding hydrogens is 188 g/mol. The van der Waals surface area contributed by atoms with Crippen LogP contribution in [0, 0.1) is 18.8 Å². The van der Waals surface area contributed by atoms with Gasteiger partial charge in [-0.1, -0.05) is 29.8 Å². The first-order chi connectivity index (χ1) is 7.16. The molecule has 0 aromatic heterocycles. The summed E-state index contributed by atoms with van der Waals surface area (Å²) in [5.74, 6) is -0.261. The van der Waals surface area contributed by atoms with Gasteiger partial charge in [-0.25, -0.2) is 0 Å². The van der Waals surface area contributed by atoms with Crippen molar-refractivity contribution in [3.8, 4) is 0 Å². The van der Waals surface area contributed by atoms with Crippen molar-refractivity contribution in [3.05, 3.63) is 35.4 Å². The smallest absolute Gasteiger partial charge is 0.306 e. The highest BCUT2D eigenvalue weighted by atomic mass is 16.4. The van der Waals surface area contributed by atoms with Crippen molar-refractivity contribution in [1.29, 1.82) is 0 Å². The van der Waals surface area contributed by atoms with E-state index in [4.69, 9.17) is 5.11 Å². The van der Waals surface area contributed by atoms with E-state index in [0.717, 1.165) is 19.3 Å². The van der Waals surface area contributed by atoms with Gasteiger partial charge in [-0.15, -0.1) is 0 Å². The van der Waals surface area contributed by atoms with Gasteiger partial charge in [0.15, 0.2) is 0 Å². The van der Waals surface area contributed by atoms with E-state index in [1.165, 1.54) is 11.1 Å². The van der Waals surface area contributed by atoms with E-state index in [0.29, 0.717) is 5.92 Å². The number of aliphatic carboxylic acids is 1. The Hall–Kier alpha value is -1.31. The molecule has 0 radical (unpaired) electrons. The van der Waals surface area contributed by atoms with Gasteiger partial charge in [0.05, 0.1) is 5.92 Å². The lowest BCUT2D eigenvalue weighted by Crippen LogP contribution is -2.00. The first kappa shape index (κ1) is 10.2. The van der Waals surface area contributed by atoms with Crippen LogP contribution in [0.4, 0.5) is 0 Å². The lowest BCUT2D eigenvalue weighted by molar-refractivity contribution is -0.138. The van der Waals surface area contributed by atoms with Crippen molar-refractivity contribution >= 4 is 5.97 Å². The number of benzene rings is 1. The number of hydrogen-bond acceptors (Lipinski definition) is 1. The molecule has 2 nitrogen and oxygen atoms in total. The fourth-order valence-corrected chi connectivity index (χ4v) is 1.98. The molecular formula is C13H16O2. The number of aryl methyl sites for hydroxylation is 2. The summed E-state index contributed by atoms with van der Waals surface area (Å²) in [5.41, 5.74) is 2.59. The fourth-order valence-electron chi connectivity index (χ4n) is 1.98. The van der Waals surface area contributed by atoms with E-state index < -0.39 is 5.97 Å². The van der Waals surface area contributed by atoms with Gasteiger partial charge < -0.3 is 5.11 Å². The van der Waals surface area contributed by atoms with Crippen molar-refractivity contribution in [2.75, 3.05) is 0 Å². The van der Waals surface area contributed by atoms with Crippen LogP contribution in [0.25, 0.3) is 0 Å². The Morgan fingerprint density at radius 1 is 1.40 bits per heavy atom. The summed E-state index contributed by atoms with van der Waals surface area (Å²) in [5, 5.41) is 8.76. The minimum Gasteiger partial charge on any atom is -0.481 e. The molecule has 15 heavy (non-hydrogen) atoms. The van der Waals surface area contributed by atoms with E-state index in [1.54, 1.807) is 0 Å². The Morgan fingerprint density at radius 2 is 2.07 bits per heavy atom. The fraction of sp³-hybridized carbons (Fsp3) is 0.462. The number of rotatable bonds is 4. The minimum absolute atomic E-state index is 0.0598. The van der Waals surface area contributed by atoms with Crippen LogP contribution in [0.1, 0.15) is 24.0 Å². The van der Waals surface area contributed by atoms with Crippen molar-refractivity contribution in [2.24, 2.45) is 11.8 Å². The summed E-state index contributed by atoms with van der Waals surface area (Å²) in [6.45, 7) is 2.07. The summed E-state index contributed by atoms with van der Waals surface area (Å²) < 4.78 is 0. The molecule has 1 aliphatic rings. The Labute approximate surface area is 89.9 Å². The van der Waals surface area contributed by atoms with E-state index in [9.17, 15) is 4.79 Å². The second-order valence-corrected chi connectivity index (χ2v) is 4.46. The third-order valence-corrected chi connectivity index (χ3v) is 3.16. The molecule has 0 spiro atoms. The van der Waals surface area contributed by atoms with Gasteiger partial charge in [-0.05, 0) is 37.7 Å². The molecule has 2 rings (SSSR count). The highest BCUT2D eigenvalue weighted by Gasteiger charge is 2.42. The molecule has 1 fully saturated rings. The van der Waals surface area contributed by atoms with Crippen LogP contribution in [-0.4, -0.2) is 11.1 Å². The zero-order valence-corrected chi connectivity index (χ0v) is 8.94. The zero-order chi connectivity index (χ0) is 10.8. The van der Waals surface area contributed by atoms with Crippen LogP contribution in [-0.2, 0) is 11.2 Å². The van der Waals surface area contributed by atoms with Crippen LogP contribution in [0.2, 0.25) is 0 Å². The van der Waals surface area contributed by atoms with Crippen LogP contribution in [0.3, 0.4) is 0 Å². The second-order valence-electron chi connectivity index (χ2n) is 4.46. The SMILES string of the molecule is Cc1ccc(CC[C@@H]2C[C@H]2C(=O)O)cc1. The zero-order valence-electron chi connectivity index (χ0n) is 8.94. The van der Waals surface area contributed by atoms with Crippen molar-refractivity contribution < 1.29 is 9.90 Å². The average molecular weight is 204 g/mol. The molecule has 0 amide bonds. The van der Waals surface area contributed by atoms with Gasteiger partial charge in [0.2, 0.25) is 0 Å². The quantitative estimate of drug-likeness (QED) is 0.818. The number of carboxylic acid groups (broad SMARTS) is 1. The Morgan fingerprint density at radius 3 is 2.60 bits per heavy atom. The molecule has 0 aliphatic heterocycles. The summed E-state index contributed by atoms with van der Waals surface area (Å²) in [4.78, 5) is 10.6. The largest absolute Gasteiger partial charge is 0.481 e. The van der Waals surface area contributed by atoms with Crippen LogP contribution < -0.4 is 0 Å². The van der Waals surface area contributed by atoms with Crippen LogP contribution in [0.15, 0.2) is 24.3 Å². The van der Waals surface area contributed by atoms with Gasteiger partial charge >= 0.3 is 5.97 Å². The number of carbonyl (C=O) groups is 1. The normalized spacial score (nSPS) is 23.8. The van der Waals surface area contributed by atoms with Gasteiger partial charge in [-0.3, -0.25) is 4.79 Å². The molecule has 1 aliphatic carbocycles. The van der Waals surface area contributed by atoms with Gasteiger partial charge in [-0.2, -0.15) is 0 Å². The van der Waals surface area contributed by atoms with E-state index in [-0.39, 0.29) is 5.92 Å². The molecule has 2 heteroatoms. The van der Waals surface area contributed by atoms with Crippen molar-refractivity contribution in [1.82, 2.24) is 0 Å². The molecule has 1 aromatic carbocycles. The highest BCUT2D eigenvalue weighted by molar-refractivity contribution is 5.73. The summed E-state index contributed by atoms with van der Waals surface area (Å²) in [6, 6.07) is 8.48. The Balaban J connectivity index is 1.80. The Kier molecular flexibility index (Phi) is 2.76. The first-order valence-electron chi connectivity index (χ1n) is 5.45. The molecule has 1 aromatic rings. The summed E-state index contributed by atoms with van der Waals surface area (Å²) in [7, 11) is 0. The van der Waals surface area contributed by atoms with Crippen molar-refractivity contribution in [2.45, 2.75) is 26.2 Å². The standard InChI is InChI=1S/C13H16O2/c1-9-2-4-10(5-3-9)6-7-11-8-12(11)13(14)15/h2-5,11-12H,6-8H2,1H3,(H,14,15)/t11-,12-/m1/s1. The average Bonchev–Trinajstić information content (AvgIpc) is 2.96. The highest BCUT2D eigenvalue weighted by Crippen LogP contribution is 2.41. The first-order valence-corrected chi connectivity index (χ1v) is 5.45. The maximum Gasteiger partial charge on any atom is 0.306 e. The molecule has 80 valence electrons. The third-order valence-electron chi connectivity index (χ3n) is 3.16. The van der Waals surface area contributed by atoms with Crippen LogP contribution >= 0.6 is 0 Å². The molecule has 1 saturated carbocycles. The van der Waals surface area contributed by atoms with Gasteiger partial charge in [0, 0.05) is 0 Å². The molecule has 1 N–H and O–H groups in total. The number of carboxylic acids is 1. The third kappa shape index (κ3) is 2.58. The predicted octanol–water partition coefficient (Wildman–Crippen LogP) is 2.65. The maximum absolute atomic E-state index is 10.6. The van der Waals surface area contributed by atoms with Gasteiger partial charge in [0.1, 0.15) is 0 Å². The minimum atomic E-state index is -0.621. The summed E-state index contributed by atoms with van der Waals surface area (Å²) >= 11 is 0. The van der Waals surface area contributed by atoms with Gasteiger partial charge in [0.25, 0.3) is 0 Å². The molecule has 0 saturated heterocycles. The monoisotopic (exact) mass is 204 g/mol. The number of hydrogen-bond donors (Lipinski definition) is 1. The lowest BCUT2D eigenvalue weighted by atomic mass is 10.1. The van der Waals surface area contributed by atoms with Crippen molar-refractivity contribution in [3.63, 3.8) is 0 Å². The topological polar surface area (TPSA) is 37.3 Å². The lowest BCUT2D eigenvalue weighted by Gasteiger charge is -2.00. The van der Waals surface area contributed by atoms with E-state index in [1.807, 2.05) is 0 Å². The van der Waals surface area contributed by atoms with E-state index >= 15 is 0 Å². The summed E-state index contributed by atoms with van der Waals surface area (Å²) in [6.07, 6.45) is 2.90. The van der Waals surface area contributed by atoms with E-state index in [2.05, 4.69) is 31.2 Å². The molecule has 0 heterocycles. The Bertz CT molecular complexity index is 353. The van der Waals surface area contributed by atoms with Crippen LogP contribution in [0.5, 0.6) is 0 Å². The second kappa shape index (κ2) is 4.05.